The van der Waals surface area contributed by atoms with Gasteiger partial charge in [-0.25, -0.2) is 0 Å². The molecule has 1 saturated heterocycles. The van der Waals surface area contributed by atoms with Crippen molar-refractivity contribution in [2.45, 2.75) is 33.2 Å². The van der Waals surface area contributed by atoms with Crippen LogP contribution in [0.5, 0.6) is 0 Å². The lowest BCUT2D eigenvalue weighted by Gasteiger charge is -2.31. The molecule has 0 aromatic heterocycles. The predicted molar refractivity (Wildman–Crippen MR) is 70.7 cm³/mol. The molecule has 0 bridgehead atoms. The fourth-order valence-electron chi connectivity index (χ4n) is 2.67. The Morgan fingerprint density at radius 2 is 2.06 bits per heavy atom. The van der Waals surface area contributed by atoms with E-state index in [2.05, 4.69) is 20.8 Å². The van der Waals surface area contributed by atoms with Crippen molar-refractivity contribution in [2.24, 2.45) is 17.1 Å². The van der Waals surface area contributed by atoms with E-state index in [1.165, 1.54) is 0 Å². The Morgan fingerprint density at radius 1 is 1.47 bits per heavy atom. The van der Waals surface area contributed by atoms with Gasteiger partial charge < -0.3 is 10.6 Å². The van der Waals surface area contributed by atoms with Crippen molar-refractivity contribution in [3.05, 3.63) is 0 Å². The zero-order chi connectivity index (χ0) is 13.2. The molecule has 0 aliphatic carbocycles. The highest BCUT2D eigenvalue weighted by Gasteiger charge is 2.38. The van der Waals surface area contributed by atoms with Gasteiger partial charge in [-0.15, -0.1) is 0 Å². The third-order valence-electron chi connectivity index (χ3n) is 3.80. The van der Waals surface area contributed by atoms with Crippen molar-refractivity contribution < 1.29 is 4.79 Å². The zero-order valence-corrected chi connectivity index (χ0v) is 11.9. The molecule has 2 atom stereocenters. The van der Waals surface area contributed by atoms with Crippen LogP contribution in [0.1, 0.15) is 27.2 Å². The second kappa shape index (κ2) is 5.36. The van der Waals surface area contributed by atoms with E-state index in [1.54, 1.807) is 0 Å². The topological polar surface area (TPSA) is 49.6 Å². The van der Waals surface area contributed by atoms with E-state index in [1.807, 2.05) is 23.9 Å². The molecule has 17 heavy (non-hydrogen) atoms. The van der Waals surface area contributed by atoms with Gasteiger partial charge in [-0.2, -0.15) is 0 Å². The van der Waals surface area contributed by atoms with Crippen LogP contribution in [0.15, 0.2) is 0 Å². The number of rotatable bonds is 4. The second-order valence-corrected chi connectivity index (χ2v) is 6.18. The van der Waals surface area contributed by atoms with Crippen LogP contribution in [0.25, 0.3) is 0 Å². The van der Waals surface area contributed by atoms with Gasteiger partial charge in [0, 0.05) is 13.1 Å². The third-order valence-corrected chi connectivity index (χ3v) is 3.80. The molecule has 1 aliphatic rings. The summed E-state index contributed by atoms with van der Waals surface area (Å²) in [6.07, 6.45) is 1.02. The highest BCUT2D eigenvalue weighted by Crippen LogP contribution is 2.29. The molecule has 0 spiro atoms. The summed E-state index contributed by atoms with van der Waals surface area (Å²) < 4.78 is 0. The molecule has 1 amide bonds. The highest BCUT2D eigenvalue weighted by molar-refractivity contribution is 5.82. The maximum absolute atomic E-state index is 12.5. The largest absolute Gasteiger partial charge is 0.341 e. The Hall–Kier alpha value is -0.610. The lowest BCUT2D eigenvalue weighted by Crippen LogP contribution is -2.48. The Kier molecular flexibility index (Phi) is 4.55. The highest BCUT2D eigenvalue weighted by atomic mass is 16.2. The van der Waals surface area contributed by atoms with E-state index in [0.29, 0.717) is 12.5 Å². The first-order chi connectivity index (χ1) is 7.80. The van der Waals surface area contributed by atoms with Gasteiger partial charge >= 0.3 is 0 Å². The molecule has 1 unspecified atom stereocenters. The van der Waals surface area contributed by atoms with Gasteiger partial charge in [0.2, 0.25) is 5.91 Å². The number of hydrogen-bond donors (Lipinski definition) is 1. The summed E-state index contributed by atoms with van der Waals surface area (Å²) in [5, 5.41) is 0. The van der Waals surface area contributed by atoms with Crippen LogP contribution >= 0.6 is 0 Å². The number of hydrogen-bond acceptors (Lipinski definition) is 3. The van der Waals surface area contributed by atoms with Crippen LogP contribution in [0.3, 0.4) is 0 Å². The Bertz CT molecular complexity index is 270. The molecule has 4 heteroatoms. The normalized spacial score (nSPS) is 26.9. The number of nitrogens with zero attached hydrogens (tertiary/aromatic N) is 2. The molecule has 1 aliphatic heterocycles. The lowest BCUT2D eigenvalue weighted by molar-refractivity contribution is -0.136. The Labute approximate surface area is 105 Å². The minimum atomic E-state index is -0.0184. The molecule has 2 N–H and O–H groups in total. The lowest BCUT2D eigenvalue weighted by atomic mass is 9.90. The van der Waals surface area contributed by atoms with Gasteiger partial charge in [-0.05, 0) is 38.4 Å². The minimum absolute atomic E-state index is 0.0184. The van der Waals surface area contributed by atoms with E-state index in [-0.39, 0.29) is 17.4 Å². The summed E-state index contributed by atoms with van der Waals surface area (Å²) in [7, 11) is 3.95. The number of carbonyl (C=O) groups excluding carboxylic acids is 1. The average Bonchev–Trinajstić information content (AvgIpc) is 2.61. The van der Waals surface area contributed by atoms with Gasteiger partial charge in [0.1, 0.15) is 0 Å². The van der Waals surface area contributed by atoms with Gasteiger partial charge in [0.15, 0.2) is 0 Å². The van der Waals surface area contributed by atoms with Gasteiger partial charge in [0.05, 0.1) is 6.04 Å². The average molecular weight is 241 g/mol. The van der Waals surface area contributed by atoms with E-state index in [0.717, 1.165) is 19.5 Å². The molecule has 1 fully saturated rings. The van der Waals surface area contributed by atoms with Crippen molar-refractivity contribution in [2.75, 3.05) is 33.7 Å². The zero-order valence-electron chi connectivity index (χ0n) is 11.9. The number of amides is 1. The van der Waals surface area contributed by atoms with Gasteiger partial charge in [-0.3, -0.25) is 9.69 Å². The van der Waals surface area contributed by atoms with Crippen molar-refractivity contribution in [3.8, 4) is 0 Å². The van der Waals surface area contributed by atoms with Crippen molar-refractivity contribution in [1.82, 2.24) is 9.80 Å². The van der Waals surface area contributed by atoms with E-state index in [4.69, 9.17) is 5.73 Å². The van der Waals surface area contributed by atoms with Crippen LogP contribution in [0.4, 0.5) is 0 Å². The monoisotopic (exact) mass is 241 g/mol. The summed E-state index contributed by atoms with van der Waals surface area (Å²) in [5.74, 6) is 0.587. The first-order valence-electron chi connectivity index (χ1n) is 6.46. The second-order valence-electron chi connectivity index (χ2n) is 6.18. The van der Waals surface area contributed by atoms with Gasteiger partial charge in [-0.1, -0.05) is 20.8 Å². The molecule has 1 rings (SSSR count). The summed E-state index contributed by atoms with van der Waals surface area (Å²) in [6, 6.07) is -0.0184. The maximum Gasteiger partial charge on any atom is 0.240 e. The maximum atomic E-state index is 12.5. The number of likely N-dealkylation sites (N-methyl/N-ethyl adjacent to an activating group) is 1. The van der Waals surface area contributed by atoms with Crippen molar-refractivity contribution in [3.63, 3.8) is 0 Å². The Morgan fingerprint density at radius 3 is 2.41 bits per heavy atom. The first-order valence-corrected chi connectivity index (χ1v) is 6.46. The fraction of sp³-hybridized carbons (Fsp3) is 0.923. The molecule has 1 heterocycles. The summed E-state index contributed by atoms with van der Waals surface area (Å²) in [6.45, 7) is 8.68. The van der Waals surface area contributed by atoms with Crippen molar-refractivity contribution in [1.29, 1.82) is 0 Å². The SMILES string of the molecule is CC(C)[C@H](C(=O)N1CCC(C)(CN)C1)N(C)C. The van der Waals surface area contributed by atoms with Crippen LogP contribution < -0.4 is 5.73 Å². The summed E-state index contributed by atoms with van der Waals surface area (Å²) in [4.78, 5) is 16.5. The molecular weight excluding hydrogens is 214 g/mol. The minimum Gasteiger partial charge on any atom is -0.341 e. The molecule has 0 aromatic carbocycles. The molecular formula is C13H27N3O. The van der Waals surface area contributed by atoms with Crippen LogP contribution in [-0.2, 0) is 4.79 Å². The standard InChI is InChI=1S/C13H27N3O/c1-10(2)11(15(4)5)12(17)16-7-6-13(3,8-14)9-16/h10-11H,6-9,14H2,1-5H3/t11-,13?/m1/s1. The number of carbonyl (C=O) groups is 1. The fourth-order valence-corrected chi connectivity index (χ4v) is 2.67. The van der Waals surface area contributed by atoms with Crippen LogP contribution in [0.2, 0.25) is 0 Å². The summed E-state index contributed by atoms with van der Waals surface area (Å²) >= 11 is 0. The number of likely N-dealkylation sites (tertiary alicyclic amines) is 1. The molecule has 0 aromatic rings. The quantitative estimate of drug-likeness (QED) is 0.791. The van der Waals surface area contributed by atoms with E-state index < -0.39 is 0 Å². The summed E-state index contributed by atoms with van der Waals surface area (Å²) in [5.41, 5.74) is 5.89. The van der Waals surface area contributed by atoms with E-state index >= 15 is 0 Å². The number of nitrogens with two attached hydrogens (primary N) is 1. The smallest absolute Gasteiger partial charge is 0.240 e. The molecule has 4 nitrogen and oxygen atoms in total. The van der Waals surface area contributed by atoms with Gasteiger partial charge in [0.25, 0.3) is 0 Å². The first kappa shape index (κ1) is 14.5. The van der Waals surface area contributed by atoms with Crippen LogP contribution in [-0.4, -0.2) is 55.5 Å². The third kappa shape index (κ3) is 3.19. The molecule has 100 valence electrons. The molecule has 0 saturated carbocycles. The van der Waals surface area contributed by atoms with Crippen LogP contribution in [0, 0.1) is 11.3 Å². The Balaban J connectivity index is 2.71. The van der Waals surface area contributed by atoms with Crippen molar-refractivity contribution >= 4 is 5.91 Å². The van der Waals surface area contributed by atoms with E-state index in [9.17, 15) is 4.79 Å². The molecule has 0 radical (unpaired) electrons. The predicted octanol–water partition coefficient (Wildman–Crippen LogP) is 0.770.